The summed E-state index contributed by atoms with van der Waals surface area (Å²) in [4.78, 5) is 15.9. The Morgan fingerprint density at radius 3 is 2.85 bits per heavy atom. The highest BCUT2D eigenvalue weighted by molar-refractivity contribution is 5.95. The van der Waals surface area contributed by atoms with Gasteiger partial charge in [0.05, 0.1) is 24.9 Å². The van der Waals surface area contributed by atoms with Crippen LogP contribution in [0.5, 0.6) is 17.2 Å². The fourth-order valence-corrected chi connectivity index (χ4v) is 5.53. The lowest BCUT2D eigenvalue weighted by Crippen LogP contribution is -2.34. The molecule has 1 aromatic heterocycles. The number of hydrogen-bond acceptors (Lipinski definition) is 6. The predicted octanol–water partition coefficient (Wildman–Crippen LogP) is 5.32. The number of carbonyl (C=O) groups is 1. The minimum Gasteiger partial charge on any atom is -0.497 e. The van der Waals surface area contributed by atoms with E-state index in [2.05, 4.69) is 44.7 Å². The van der Waals surface area contributed by atoms with E-state index in [1.807, 2.05) is 48.7 Å². The molecule has 1 fully saturated rings. The average molecular weight is 539 g/mol. The Hall–Kier alpha value is -4.30. The summed E-state index contributed by atoms with van der Waals surface area (Å²) in [6.45, 7) is 2.83. The highest BCUT2D eigenvalue weighted by Gasteiger charge is 2.28. The van der Waals surface area contributed by atoms with Gasteiger partial charge in [0, 0.05) is 24.3 Å². The number of amides is 1. The van der Waals surface area contributed by atoms with Crippen LogP contribution >= 0.6 is 0 Å². The zero-order valence-electron chi connectivity index (χ0n) is 22.6. The van der Waals surface area contributed by atoms with Crippen LogP contribution in [0.1, 0.15) is 24.0 Å². The SMILES string of the molecule is COc1ccc2c(c1)C[C@H](C(=O)Nc1ccc(-c3cn[nH]c3)cc1OC[C@@H]1CCCN1Cc1ccccc1)CO2. The van der Waals surface area contributed by atoms with Crippen LogP contribution in [0.25, 0.3) is 11.1 Å². The fraction of sp³-hybridized carbons (Fsp3) is 0.312. The molecule has 4 aromatic rings. The van der Waals surface area contributed by atoms with Crippen LogP contribution < -0.4 is 19.5 Å². The largest absolute Gasteiger partial charge is 0.497 e. The van der Waals surface area contributed by atoms with Gasteiger partial charge in [0.25, 0.3) is 0 Å². The summed E-state index contributed by atoms with van der Waals surface area (Å²) in [7, 11) is 1.64. The van der Waals surface area contributed by atoms with Gasteiger partial charge in [-0.05, 0) is 72.8 Å². The van der Waals surface area contributed by atoms with Crippen molar-refractivity contribution in [1.82, 2.24) is 15.1 Å². The normalized spacial score (nSPS) is 18.5. The van der Waals surface area contributed by atoms with Crippen molar-refractivity contribution < 1.29 is 19.0 Å². The topological polar surface area (TPSA) is 88.7 Å². The van der Waals surface area contributed by atoms with Gasteiger partial charge in [-0.3, -0.25) is 14.8 Å². The summed E-state index contributed by atoms with van der Waals surface area (Å²) in [6, 6.07) is 22.4. The average Bonchev–Trinajstić information content (AvgIpc) is 3.69. The van der Waals surface area contributed by atoms with Crippen molar-refractivity contribution in [3.8, 4) is 28.4 Å². The third-order valence-electron chi connectivity index (χ3n) is 7.77. The molecule has 0 unspecified atom stereocenters. The molecule has 0 bridgehead atoms. The monoisotopic (exact) mass is 538 g/mol. The van der Waals surface area contributed by atoms with Gasteiger partial charge in [-0.1, -0.05) is 36.4 Å². The molecule has 2 atom stereocenters. The van der Waals surface area contributed by atoms with Crippen molar-refractivity contribution in [2.45, 2.75) is 31.8 Å². The number of anilines is 1. The highest BCUT2D eigenvalue weighted by atomic mass is 16.5. The van der Waals surface area contributed by atoms with E-state index in [1.165, 1.54) is 5.56 Å². The number of aromatic amines is 1. The number of benzene rings is 3. The number of hydrogen-bond donors (Lipinski definition) is 2. The fourth-order valence-electron chi connectivity index (χ4n) is 5.53. The van der Waals surface area contributed by atoms with Crippen molar-refractivity contribution in [2.24, 2.45) is 5.92 Å². The Balaban J connectivity index is 1.18. The van der Waals surface area contributed by atoms with Gasteiger partial charge in [0.2, 0.25) is 5.91 Å². The number of rotatable bonds is 9. The van der Waals surface area contributed by atoms with E-state index in [0.717, 1.165) is 54.1 Å². The Labute approximate surface area is 234 Å². The maximum absolute atomic E-state index is 13.4. The second-order valence-electron chi connectivity index (χ2n) is 10.4. The molecular weight excluding hydrogens is 504 g/mol. The van der Waals surface area contributed by atoms with Crippen molar-refractivity contribution in [3.05, 3.63) is 90.3 Å². The molecule has 0 spiro atoms. The van der Waals surface area contributed by atoms with Crippen LogP contribution in [0.15, 0.2) is 79.1 Å². The van der Waals surface area contributed by atoms with E-state index in [9.17, 15) is 4.79 Å². The molecule has 40 heavy (non-hydrogen) atoms. The molecular formula is C32H34N4O4. The lowest BCUT2D eigenvalue weighted by Gasteiger charge is -2.26. The summed E-state index contributed by atoms with van der Waals surface area (Å²) in [5.74, 6) is 1.78. The number of aromatic nitrogens is 2. The van der Waals surface area contributed by atoms with E-state index in [1.54, 1.807) is 13.3 Å². The summed E-state index contributed by atoms with van der Waals surface area (Å²) < 4.78 is 17.7. The van der Waals surface area contributed by atoms with Gasteiger partial charge >= 0.3 is 0 Å². The third-order valence-corrected chi connectivity index (χ3v) is 7.77. The summed E-state index contributed by atoms with van der Waals surface area (Å²) >= 11 is 0. The lowest BCUT2D eigenvalue weighted by atomic mass is 9.95. The van der Waals surface area contributed by atoms with E-state index in [0.29, 0.717) is 37.1 Å². The Kier molecular flexibility index (Phi) is 7.68. The molecule has 1 amide bonds. The Morgan fingerprint density at radius 1 is 1.12 bits per heavy atom. The van der Waals surface area contributed by atoms with Crippen molar-refractivity contribution in [1.29, 1.82) is 0 Å². The molecule has 6 rings (SSSR count). The molecule has 0 saturated carbocycles. The molecule has 2 aliphatic heterocycles. The van der Waals surface area contributed by atoms with Gasteiger partial charge in [0.15, 0.2) is 0 Å². The molecule has 3 heterocycles. The smallest absolute Gasteiger partial charge is 0.231 e. The quantitative estimate of drug-likeness (QED) is 0.300. The molecule has 2 N–H and O–H groups in total. The Morgan fingerprint density at radius 2 is 2.02 bits per heavy atom. The first-order valence-corrected chi connectivity index (χ1v) is 13.8. The zero-order chi connectivity index (χ0) is 27.3. The molecule has 1 saturated heterocycles. The summed E-state index contributed by atoms with van der Waals surface area (Å²) in [5.41, 5.74) is 4.86. The number of ether oxygens (including phenoxy) is 3. The molecule has 8 heteroatoms. The van der Waals surface area contributed by atoms with E-state index >= 15 is 0 Å². The lowest BCUT2D eigenvalue weighted by molar-refractivity contribution is -0.121. The number of fused-ring (bicyclic) bond motifs is 1. The number of methoxy groups -OCH3 is 1. The first-order valence-electron chi connectivity index (χ1n) is 13.8. The van der Waals surface area contributed by atoms with Gasteiger partial charge in [-0.15, -0.1) is 0 Å². The number of likely N-dealkylation sites (tertiary alicyclic amines) is 1. The third kappa shape index (κ3) is 5.82. The van der Waals surface area contributed by atoms with Crippen molar-refractivity contribution in [2.75, 3.05) is 32.2 Å². The molecule has 3 aromatic carbocycles. The van der Waals surface area contributed by atoms with Crippen LogP contribution in [0.4, 0.5) is 5.69 Å². The minimum absolute atomic E-state index is 0.0963. The standard InChI is InChI=1S/C32H34N4O4/c1-38-28-10-12-30-24(15-28)14-25(20-39-30)32(37)35-29-11-9-23(26-17-33-34-18-26)16-31(29)40-21-27-8-5-13-36(27)19-22-6-3-2-4-7-22/h2-4,6-7,9-12,15-18,25,27H,5,8,13-14,19-21H2,1H3,(H,33,34)(H,35,37)/t25-,27-/m0/s1. The predicted molar refractivity (Wildman–Crippen MR) is 154 cm³/mol. The van der Waals surface area contributed by atoms with Crippen LogP contribution in [0.2, 0.25) is 0 Å². The maximum atomic E-state index is 13.4. The van der Waals surface area contributed by atoms with Crippen LogP contribution in [-0.2, 0) is 17.8 Å². The number of nitrogens with zero attached hydrogens (tertiary/aromatic N) is 2. The first kappa shape index (κ1) is 26.0. The summed E-state index contributed by atoms with van der Waals surface area (Å²) in [5, 5.41) is 10.1. The maximum Gasteiger partial charge on any atom is 0.231 e. The molecule has 0 aliphatic carbocycles. The minimum atomic E-state index is -0.322. The second kappa shape index (κ2) is 11.8. The molecule has 206 valence electrons. The van der Waals surface area contributed by atoms with Gasteiger partial charge < -0.3 is 19.5 Å². The van der Waals surface area contributed by atoms with Gasteiger partial charge in [0.1, 0.15) is 30.5 Å². The van der Waals surface area contributed by atoms with Gasteiger partial charge in [-0.2, -0.15) is 5.10 Å². The second-order valence-corrected chi connectivity index (χ2v) is 10.4. The van der Waals surface area contributed by atoms with E-state index < -0.39 is 0 Å². The van der Waals surface area contributed by atoms with E-state index in [-0.39, 0.29) is 11.8 Å². The van der Waals surface area contributed by atoms with Crippen LogP contribution in [0, 0.1) is 5.92 Å². The summed E-state index contributed by atoms with van der Waals surface area (Å²) in [6.07, 6.45) is 6.44. The first-order chi connectivity index (χ1) is 19.7. The van der Waals surface area contributed by atoms with Crippen LogP contribution in [0.3, 0.4) is 0 Å². The van der Waals surface area contributed by atoms with Gasteiger partial charge in [-0.25, -0.2) is 0 Å². The van der Waals surface area contributed by atoms with Crippen molar-refractivity contribution >= 4 is 11.6 Å². The number of H-pyrrole nitrogens is 1. The Bertz CT molecular complexity index is 1440. The van der Waals surface area contributed by atoms with Crippen molar-refractivity contribution in [3.63, 3.8) is 0 Å². The molecule has 2 aliphatic rings. The molecule has 0 radical (unpaired) electrons. The highest BCUT2D eigenvalue weighted by Crippen LogP contribution is 2.34. The number of carbonyl (C=O) groups excluding carboxylic acids is 1. The molecule has 8 nitrogen and oxygen atoms in total. The zero-order valence-corrected chi connectivity index (χ0v) is 22.6. The van der Waals surface area contributed by atoms with Crippen LogP contribution in [-0.4, -0.2) is 53.9 Å². The number of nitrogens with one attached hydrogen (secondary N) is 2. The van der Waals surface area contributed by atoms with E-state index in [4.69, 9.17) is 14.2 Å².